The maximum atomic E-state index is 12.2. The molecular weight excluding hydrogens is 556 g/mol. The highest BCUT2D eigenvalue weighted by Crippen LogP contribution is 2.38. The predicted molar refractivity (Wildman–Crippen MR) is 162 cm³/mol. The molecule has 0 spiro atoms. The third kappa shape index (κ3) is 8.46. The van der Waals surface area contributed by atoms with Crippen molar-refractivity contribution in [3.8, 4) is 5.75 Å². The van der Waals surface area contributed by atoms with E-state index >= 15 is 0 Å². The van der Waals surface area contributed by atoms with E-state index in [0.29, 0.717) is 35.0 Å². The van der Waals surface area contributed by atoms with Gasteiger partial charge in [-0.3, -0.25) is 9.52 Å². The van der Waals surface area contributed by atoms with Crippen molar-refractivity contribution in [1.82, 2.24) is 14.9 Å². The van der Waals surface area contributed by atoms with Crippen molar-refractivity contribution < 1.29 is 17.9 Å². The Balaban J connectivity index is 1.97. The number of hydrogen-bond donors (Lipinski definition) is 4. The Labute approximate surface area is 239 Å². The van der Waals surface area contributed by atoms with Gasteiger partial charge in [0.1, 0.15) is 10.8 Å². The van der Waals surface area contributed by atoms with E-state index in [0.717, 1.165) is 18.5 Å². The Morgan fingerprint density at radius 3 is 2.40 bits per heavy atom. The first-order valence-corrected chi connectivity index (χ1v) is 14.3. The molecule has 1 amide bonds. The Hall–Kier alpha value is -4.07. The van der Waals surface area contributed by atoms with Gasteiger partial charge in [-0.05, 0) is 38.4 Å². The number of methoxy groups -OCH3 is 1. The van der Waals surface area contributed by atoms with Crippen molar-refractivity contribution in [3.63, 3.8) is 0 Å². The number of halogens is 1. The molecule has 3 aromatic rings. The topological polar surface area (TPSA) is 141 Å². The Morgan fingerprint density at radius 1 is 1.07 bits per heavy atom. The summed E-state index contributed by atoms with van der Waals surface area (Å²) in [6.45, 7) is 5.04. The number of hydrogen-bond acceptors (Lipinski definition) is 10. The average Bonchev–Trinajstić information content (AvgIpc) is 2.89. The first-order valence-electron chi connectivity index (χ1n) is 12.0. The molecular formula is C26H33ClN8O4S. The minimum atomic E-state index is -3.52. The zero-order chi connectivity index (χ0) is 29.4. The van der Waals surface area contributed by atoms with E-state index < -0.39 is 10.0 Å². The molecule has 0 aliphatic carbocycles. The van der Waals surface area contributed by atoms with Gasteiger partial charge in [0.05, 0.1) is 48.0 Å². The Kier molecular flexibility index (Phi) is 10.2. The van der Waals surface area contributed by atoms with Crippen molar-refractivity contribution in [2.45, 2.75) is 0 Å². The number of sulfonamides is 1. The molecule has 0 saturated heterocycles. The molecule has 0 aliphatic heterocycles. The zero-order valence-electron chi connectivity index (χ0n) is 22.9. The number of carbonyl (C=O) groups excluding carboxylic acids is 1. The highest BCUT2D eigenvalue weighted by molar-refractivity contribution is 7.92. The van der Waals surface area contributed by atoms with Crippen LogP contribution in [-0.2, 0) is 14.8 Å². The van der Waals surface area contributed by atoms with Crippen LogP contribution in [0.1, 0.15) is 0 Å². The summed E-state index contributed by atoms with van der Waals surface area (Å²) in [5.74, 6) is 0.530. The molecule has 0 unspecified atom stereocenters. The van der Waals surface area contributed by atoms with Crippen LogP contribution in [0.4, 0.5) is 40.2 Å². The summed E-state index contributed by atoms with van der Waals surface area (Å²) in [5.41, 5.74) is 2.53. The van der Waals surface area contributed by atoms with E-state index in [1.54, 1.807) is 36.4 Å². The number of anilines is 7. The lowest BCUT2D eigenvalue weighted by Crippen LogP contribution is -2.29. The van der Waals surface area contributed by atoms with Gasteiger partial charge in [0, 0.05) is 26.2 Å². The highest BCUT2D eigenvalue weighted by Gasteiger charge is 2.17. The number of likely N-dealkylation sites (N-methyl/N-ethyl adjacent to an activating group) is 2. The van der Waals surface area contributed by atoms with E-state index in [9.17, 15) is 13.2 Å². The van der Waals surface area contributed by atoms with Crippen LogP contribution in [0.15, 0.2) is 55.3 Å². The zero-order valence-corrected chi connectivity index (χ0v) is 24.5. The minimum absolute atomic E-state index is 0.175. The molecule has 2 aromatic carbocycles. The van der Waals surface area contributed by atoms with Gasteiger partial charge >= 0.3 is 0 Å². The number of aromatic nitrogens is 2. The van der Waals surface area contributed by atoms with Crippen LogP contribution in [-0.4, -0.2) is 76.8 Å². The summed E-state index contributed by atoms with van der Waals surface area (Å²) < 4.78 is 31.7. The maximum absolute atomic E-state index is 12.2. The molecule has 214 valence electrons. The molecule has 14 heteroatoms. The van der Waals surface area contributed by atoms with Crippen LogP contribution in [0.3, 0.4) is 0 Å². The van der Waals surface area contributed by atoms with Crippen LogP contribution >= 0.6 is 11.6 Å². The number of nitrogens with one attached hydrogen (secondary N) is 4. The second-order valence-electron chi connectivity index (χ2n) is 9.05. The molecule has 0 fully saturated rings. The quantitative estimate of drug-likeness (QED) is 0.215. The van der Waals surface area contributed by atoms with Crippen LogP contribution in [0.25, 0.3) is 0 Å². The van der Waals surface area contributed by atoms with Crippen LogP contribution < -0.4 is 30.3 Å². The molecule has 0 bridgehead atoms. The van der Waals surface area contributed by atoms with Gasteiger partial charge in [-0.2, -0.15) is 4.98 Å². The van der Waals surface area contributed by atoms with Crippen molar-refractivity contribution in [1.29, 1.82) is 0 Å². The molecule has 40 heavy (non-hydrogen) atoms. The number of para-hydroxylation sites is 2. The number of rotatable bonds is 13. The summed E-state index contributed by atoms with van der Waals surface area (Å²) in [7, 11) is 3.91. The average molecular weight is 589 g/mol. The molecule has 3 rings (SSSR count). The summed E-state index contributed by atoms with van der Waals surface area (Å²) in [6, 6.07) is 10.3. The van der Waals surface area contributed by atoms with E-state index in [1.165, 1.54) is 19.4 Å². The highest BCUT2D eigenvalue weighted by atomic mass is 35.5. The van der Waals surface area contributed by atoms with Gasteiger partial charge in [0.25, 0.3) is 0 Å². The van der Waals surface area contributed by atoms with Crippen LogP contribution in [0.5, 0.6) is 5.75 Å². The van der Waals surface area contributed by atoms with Crippen molar-refractivity contribution in [2.24, 2.45) is 0 Å². The molecule has 1 aromatic heterocycles. The standard InChI is InChI=1S/C26H33ClN8O4S/c1-7-24(36)29-20-14-21(23(39-5)15-22(20)35(4)13-12-34(2)3)31-26-28-16-17(27)25(32-26)30-18-10-8-9-11-19(18)33-40(6,37)38/h7-11,14-16,33H,1,12-13H2,2-6H3,(H,29,36)(H2,28,30,31,32). The second-order valence-corrected chi connectivity index (χ2v) is 11.2. The number of amides is 1. The molecule has 1 heterocycles. The van der Waals surface area contributed by atoms with Gasteiger partial charge in [-0.25, -0.2) is 13.4 Å². The van der Waals surface area contributed by atoms with E-state index in [1.807, 2.05) is 26.0 Å². The summed E-state index contributed by atoms with van der Waals surface area (Å²) in [5, 5.41) is 9.22. The molecule has 4 N–H and O–H groups in total. The first-order chi connectivity index (χ1) is 18.9. The fourth-order valence-electron chi connectivity index (χ4n) is 3.55. The van der Waals surface area contributed by atoms with E-state index in [-0.39, 0.29) is 22.7 Å². The Bertz CT molecular complexity index is 1480. The number of nitrogens with zero attached hydrogens (tertiary/aromatic N) is 4. The van der Waals surface area contributed by atoms with Gasteiger partial charge in [-0.15, -0.1) is 0 Å². The largest absolute Gasteiger partial charge is 0.494 e. The monoisotopic (exact) mass is 588 g/mol. The fraction of sp³-hybridized carbons (Fsp3) is 0.269. The molecule has 0 saturated carbocycles. The summed E-state index contributed by atoms with van der Waals surface area (Å²) >= 11 is 6.35. The lowest BCUT2D eigenvalue weighted by molar-refractivity contribution is -0.111. The third-order valence-electron chi connectivity index (χ3n) is 5.52. The smallest absolute Gasteiger partial charge is 0.247 e. The lowest BCUT2D eigenvalue weighted by atomic mass is 10.2. The summed E-state index contributed by atoms with van der Waals surface area (Å²) in [4.78, 5) is 25.0. The molecule has 0 atom stereocenters. The first kappa shape index (κ1) is 30.5. The lowest BCUT2D eigenvalue weighted by Gasteiger charge is -2.26. The van der Waals surface area contributed by atoms with Crippen molar-refractivity contribution in [2.75, 3.05) is 73.2 Å². The third-order valence-corrected chi connectivity index (χ3v) is 6.39. The van der Waals surface area contributed by atoms with Gasteiger partial charge in [-0.1, -0.05) is 30.3 Å². The summed E-state index contributed by atoms with van der Waals surface area (Å²) in [6.07, 6.45) is 3.66. The van der Waals surface area contributed by atoms with Crippen LogP contribution in [0.2, 0.25) is 5.02 Å². The minimum Gasteiger partial charge on any atom is -0.494 e. The van der Waals surface area contributed by atoms with Crippen molar-refractivity contribution >= 4 is 67.7 Å². The van der Waals surface area contributed by atoms with Gasteiger partial charge < -0.3 is 30.5 Å². The molecule has 12 nitrogen and oxygen atoms in total. The SMILES string of the molecule is C=CC(=O)Nc1cc(Nc2ncc(Cl)c(Nc3ccccc3NS(C)(=O)=O)n2)c(OC)cc1N(C)CCN(C)C. The molecule has 0 radical (unpaired) electrons. The predicted octanol–water partition coefficient (Wildman–Crippen LogP) is 4.12. The van der Waals surface area contributed by atoms with Gasteiger partial charge in [0.2, 0.25) is 21.9 Å². The fourth-order valence-corrected chi connectivity index (χ4v) is 4.27. The van der Waals surface area contributed by atoms with Crippen molar-refractivity contribution in [3.05, 3.63) is 60.3 Å². The van der Waals surface area contributed by atoms with Crippen LogP contribution in [0, 0.1) is 0 Å². The van der Waals surface area contributed by atoms with E-state index in [4.69, 9.17) is 16.3 Å². The maximum Gasteiger partial charge on any atom is 0.247 e. The van der Waals surface area contributed by atoms with Gasteiger partial charge in [0.15, 0.2) is 5.82 Å². The normalized spacial score (nSPS) is 11.1. The Morgan fingerprint density at radius 2 is 1.77 bits per heavy atom. The number of ether oxygens (including phenoxy) is 1. The van der Waals surface area contributed by atoms with E-state index in [2.05, 4.69) is 42.1 Å². The second kappa shape index (κ2) is 13.3. The number of benzene rings is 2. The number of carbonyl (C=O) groups is 1. The molecule has 0 aliphatic rings.